The molecule has 3 aromatic carbocycles. The summed E-state index contributed by atoms with van der Waals surface area (Å²) in [5, 5.41) is 6.59. The van der Waals surface area contributed by atoms with Crippen LogP contribution in [-0.4, -0.2) is 17.9 Å². The summed E-state index contributed by atoms with van der Waals surface area (Å²) in [6.45, 7) is 3.88. The predicted molar refractivity (Wildman–Crippen MR) is 123 cm³/mol. The van der Waals surface area contributed by atoms with E-state index in [4.69, 9.17) is 27.9 Å². The lowest BCUT2D eigenvalue weighted by atomic mass is 10.1. The monoisotopic (exact) mass is 456 g/mol. The number of hydrogen-bond acceptors (Lipinski definition) is 3. The van der Waals surface area contributed by atoms with Crippen LogP contribution in [0.25, 0.3) is 0 Å². The van der Waals surface area contributed by atoms with Gasteiger partial charge in [0, 0.05) is 21.2 Å². The minimum Gasteiger partial charge on any atom is -0.491 e. The summed E-state index contributed by atoms with van der Waals surface area (Å²) in [5.41, 5.74) is 1.45. The molecular weight excluding hydrogens is 435 g/mol. The average Bonchev–Trinajstić information content (AvgIpc) is 2.73. The topological polar surface area (TPSA) is 67.4 Å². The molecule has 0 unspecified atom stereocenters. The molecule has 2 N–H and O–H groups in total. The minimum absolute atomic E-state index is 0.0340. The molecule has 31 heavy (non-hydrogen) atoms. The Morgan fingerprint density at radius 2 is 1.26 bits per heavy atom. The average molecular weight is 457 g/mol. The highest BCUT2D eigenvalue weighted by atomic mass is 35.5. The molecule has 160 valence electrons. The van der Waals surface area contributed by atoms with Crippen LogP contribution in [0.15, 0.2) is 72.8 Å². The Kier molecular flexibility index (Phi) is 7.55. The van der Waals surface area contributed by atoms with Gasteiger partial charge in [0.1, 0.15) is 11.9 Å². The van der Waals surface area contributed by atoms with Gasteiger partial charge in [-0.25, -0.2) is 0 Å². The van der Waals surface area contributed by atoms with E-state index in [1.54, 1.807) is 72.8 Å². The maximum absolute atomic E-state index is 12.8. The highest BCUT2D eigenvalue weighted by Crippen LogP contribution is 2.20. The van der Waals surface area contributed by atoms with E-state index in [-0.39, 0.29) is 17.9 Å². The molecule has 0 atom stereocenters. The summed E-state index contributed by atoms with van der Waals surface area (Å²) in [4.78, 5) is 25.6. The van der Waals surface area contributed by atoms with Gasteiger partial charge in [-0.3, -0.25) is 9.59 Å². The number of halogens is 2. The van der Waals surface area contributed by atoms with Crippen molar-refractivity contribution in [1.29, 1.82) is 0 Å². The van der Waals surface area contributed by atoms with Crippen molar-refractivity contribution in [3.63, 3.8) is 0 Å². The Morgan fingerprint density at radius 3 is 1.68 bits per heavy atom. The van der Waals surface area contributed by atoms with Crippen molar-refractivity contribution in [3.05, 3.63) is 99.5 Å². The smallest absolute Gasteiger partial charge is 0.253 e. The lowest BCUT2D eigenvalue weighted by Crippen LogP contribution is -2.41. The van der Waals surface area contributed by atoms with Gasteiger partial charge >= 0.3 is 0 Å². The zero-order valence-electron chi connectivity index (χ0n) is 17.1. The van der Waals surface area contributed by atoms with Crippen LogP contribution in [0.4, 0.5) is 0 Å². The van der Waals surface area contributed by atoms with Gasteiger partial charge in [0.25, 0.3) is 11.8 Å². The van der Waals surface area contributed by atoms with Crippen molar-refractivity contribution in [1.82, 2.24) is 10.6 Å². The van der Waals surface area contributed by atoms with Gasteiger partial charge in [-0.15, -0.1) is 0 Å². The molecule has 0 aliphatic rings. The van der Waals surface area contributed by atoms with E-state index in [0.717, 1.165) is 0 Å². The zero-order valence-corrected chi connectivity index (χ0v) is 18.6. The molecule has 0 saturated carbocycles. The molecule has 0 saturated heterocycles. The Morgan fingerprint density at radius 1 is 0.774 bits per heavy atom. The van der Waals surface area contributed by atoms with Crippen LogP contribution < -0.4 is 15.4 Å². The van der Waals surface area contributed by atoms with Crippen LogP contribution in [0.3, 0.4) is 0 Å². The standard InChI is InChI=1S/C24H22Cl2N2O3/c1-15(2)31-21-11-9-16(10-12-21)22(27-23(29)17-5-3-7-19(25)13-17)28-24(30)18-6-4-8-20(26)14-18/h3-15,22H,1-2H3,(H,27,29)(H,28,30). The molecule has 2 amide bonds. The van der Waals surface area contributed by atoms with E-state index >= 15 is 0 Å². The van der Waals surface area contributed by atoms with Crippen molar-refractivity contribution in [3.8, 4) is 5.75 Å². The first-order valence-electron chi connectivity index (χ1n) is 9.71. The molecule has 0 fully saturated rings. The summed E-state index contributed by atoms with van der Waals surface area (Å²) in [6, 6.07) is 20.3. The Labute approximate surface area is 191 Å². The summed E-state index contributed by atoms with van der Waals surface area (Å²) < 4.78 is 5.67. The van der Waals surface area contributed by atoms with E-state index < -0.39 is 6.17 Å². The third-order valence-corrected chi connectivity index (χ3v) is 4.78. The summed E-state index contributed by atoms with van der Waals surface area (Å²) in [7, 11) is 0. The summed E-state index contributed by atoms with van der Waals surface area (Å²) in [6.07, 6.45) is -0.752. The van der Waals surface area contributed by atoms with Gasteiger partial charge in [-0.05, 0) is 67.9 Å². The van der Waals surface area contributed by atoms with Crippen LogP contribution in [-0.2, 0) is 0 Å². The molecule has 0 heterocycles. The molecule has 0 bridgehead atoms. The largest absolute Gasteiger partial charge is 0.491 e. The number of nitrogens with one attached hydrogen (secondary N) is 2. The number of carbonyl (C=O) groups is 2. The highest BCUT2D eigenvalue weighted by molar-refractivity contribution is 6.31. The second-order valence-corrected chi connectivity index (χ2v) is 8.01. The van der Waals surface area contributed by atoms with Crippen molar-refractivity contribution in [2.75, 3.05) is 0 Å². The maximum Gasteiger partial charge on any atom is 0.253 e. The number of hydrogen-bond donors (Lipinski definition) is 2. The molecular formula is C24H22Cl2N2O3. The maximum atomic E-state index is 12.8. The van der Waals surface area contributed by atoms with Gasteiger partial charge in [0.15, 0.2) is 0 Å². The zero-order chi connectivity index (χ0) is 22.4. The minimum atomic E-state index is -0.786. The van der Waals surface area contributed by atoms with E-state index in [1.807, 2.05) is 13.8 Å². The molecule has 7 heteroatoms. The van der Waals surface area contributed by atoms with Crippen molar-refractivity contribution >= 4 is 35.0 Å². The Bertz CT molecular complexity index is 1010. The summed E-state index contributed by atoms with van der Waals surface area (Å²) >= 11 is 12.0. The van der Waals surface area contributed by atoms with E-state index in [9.17, 15) is 9.59 Å². The predicted octanol–water partition coefficient (Wildman–Crippen LogP) is 5.64. The van der Waals surface area contributed by atoms with Gasteiger partial charge in [-0.2, -0.15) is 0 Å². The first-order valence-corrected chi connectivity index (χ1v) is 10.5. The van der Waals surface area contributed by atoms with Crippen LogP contribution in [0.2, 0.25) is 10.0 Å². The third kappa shape index (κ3) is 6.48. The van der Waals surface area contributed by atoms with Gasteiger partial charge in [-0.1, -0.05) is 47.5 Å². The number of carbonyl (C=O) groups excluding carboxylic acids is 2. The second-order valence-electron chi connectivity index (χ2n) is 7.14. The SMILES string of the molecule is CC(C)Oc1ccc(C(NC(=O)c2cccc(Cl)c2)NC(=O)c2cccc(Cl)c2)cc1. The third-order valence-electron chi connectivity index (χ3n) is 4.31. The molecule has 0 spiro atoms. The molecule has 3 aromatic rings. The summed E-state index contributed by atoms with van der Waals surface area (Å²) in [5.74, 6) is -0.0531. The number of rotatable bonds is 7. The Balaban J connectivity index is 1.85. The van der Waals surface area contributed by atoms with Crippen molar-refractivity contribution in [2.45, 2.75) is 26.1 Å². The molecule has 0 aliphatic heterocycles. The second kappa shape index (κ2) is 10.3. The van der Waals surface area contributed by atoms with Crippen LogP contribution in [0.5, 0.6) is 5.75 Å². The van der Waals surface area contributed by atoms with E-state index in [0.29, 0.717) is 32.5 Å². The molecule has 5 nitrogen and oxygen atoms in total. The van der Waals surface area contributed by atoms with Crippen LogP contribution in [0.1, 0.15) is 46.3 Å². The number of amides is 2. The first-order chi connectivity index (χ1) is 14.8. The van der Waals surface area contributed by atoms with Crippen LogP contribution >= 0.6 is 23.2 Å². The molecule has 0 radical (unpaired) electrons. The normalized spacial score (nSPS) is 10.8. The molecule has 0 aliphatic carbocycles. The fourth-order valence-corrected chi connectivity index (χ4v) is 3.28. The number of benzene rings is 3. The van der Waals surface area contributed by atoms with Crippen molar-refractivity contribution in [2.24, 2.45) is 0 Å². The molecule has 0 aromatic heterocycles. The Hall–Kier alpha value is -3.02. The fourth-order valence-electron chi connectivity index (χ4n) is 2.90. The highest BCUT2D eigenvalue weighted by Gasteiger charge is 2.19. The van der Waals surface area contributed by atoms with Gasteiger partial charge in [0.05, 0.1) is 6.10 Å². The fraction of sp³-hybridized carbons (Fsp3) is 0.167. The quantitative estimate of drug-likeness (QED) is 0.452. The lowest BCUT2D eigenvalue weighted by Gasteiger charge is -2.21. The molecule has 3 rings (SSSR count). The van der Waals surface area contributed by atoms with E-state index in [1.165, 1.54) is 0 Å². The number of ether oxygens (including phenoxy) is 1. The van der Waals surface area contributed by atoms with Crippen molar-refractivity contribution < 1.29 is 14.3 Å². The van der Waals surface area contributed by atoms with Gasteiger partial charge in [0.2, 0.25) is 0 Å². The van der Waals surface area contributed by atoms with E-state index in [2.05, 4.69) is 10.6 Å². The van der Waals surface area contributed by atoms with Crippen LogP contribution in [0, 0.1) is 0 Å². The van der Waals surface area contributed by atoms with Gasteiger partial charge < -0.3 is 15.4 Å². The lowest BCUT2D eigenvalue weighted by molar-refractivity contribution is 0.0883. The first kappa shape index (κ1) is 22.7.